The minimum atomic E-state index is -0.165. The Labute approximate surface area is 155 Å². The van der Waals surface area contributed by atoms with Gasteiger partial charge < -0.3 is 18.4 Å². The van der Waals surface area contributed by atoms with Crippen LogP contribution < -0.4 is 15.0 Å². The fourth-order valence-corrected chi connectivity index (χ4v) is 3.39. The number of aryl methyl sites for hydroxylation is 1. The van der Waals surface area contributed by atoms with Crippen molar-refractivity contribution >= 4 is 28.7 Å². The zero-order valence-electron chi connectivity index (χ0n) is 15.0. The minimum absolute atomic E-state index is 0.165. The molecule has 0 spiro atoms. The van der Waals surface area contributed by atoms with E-state index < -0.39 is 0 Å². The lowest BCUT2D eigenvalue weighted by molar-refractivity contribution is 0.405. The molecule has 136 valence electrons. The molecule has 0 aliphatic heterocycles. The van der Waals surface area contributed by atoms with Gasteiger partial charge in [0.1, 0.15) is 5.52 Å². The Balaban J connectivity index is 1.91. The van der Waals surface area contributed by atoms with Crippen molar-refractivity contribution in [2.75, 3.05) is 17.6 Å². The third-order valence-corrected chi connectivity index (χ3v) is 5.12. The topological polar surface area (TPSA) is 69.3 Å². The number of nitrogens with one attached hydrogen (secondary N) is 1. The SMILES string of the molecule is CCSNc1cc(-c2cc(OC)c(=O)n(C)c2)c2nc(C3CC3)oc2c1. The third-order valence-electron chi connectivity index (χ3n) is 4.45. The number of hydrogen-bond acceptors (Lipinski definition) is 6. The van der Waals surface area contributed by atoms with E-state index >= 15 is 0 Å². The number of methoxy groups -OCH3 is 1. The van der Waals surface area contributed by atoms with E-state index in [0.29, 0.717) is 11.7 Å². The fourth-order valence-electron chi connectivity index (χ4n) is 2.96. The van der Waals surface area contributed by atoms with Crippen LogP contribution >= 0.6 is 11.9 Å². The monoisotopic (exact) mass is 371 g/mol. The molecule has 1 N–H and O–H groups in total. The van der Waals surface area contributed by atoms with Crippen molar-refractivity contribution in [3.8, 4) is 16.9 Å². The first-order valence-corrected chi connectivity index (χ1v) is 9.66. The molecule has 1 fully saturated rings. The summed E-state index contributed by atoms with van der Waals surface area (Å²) >= 11 is 1.62. The summed E-state index contributed by atoms with van der Waals surface area (Å²) in [7, 11) is 3.23. The summed E-state index contributed by atoms with van der Waals surface area (Å²) < 4.78 is 16.1. The van der Waals surface area contributed by atoms with Crippen LogP contribution in [0.25, 0.3) is 22.2 Å². The molecule has 2 heterocycles. The first-order valence-electron chi connectivity index (χ1n) is 8.68. The van der Waals surface area contributed by atoms with Crippen molar-refractivity contribution in [1.82, 2.24) is 9.55 Å². The zero-order chi connectivity index (χ0) is 18.3. The molecule has 2 aromatic heterocycles. The Morgan fingerprint density at radius 2 is 2.19 bits per heavy atom. The third kappa shape index (κ3) is 3.07. The fraction of sp³-hybridized carbons (Fsp3) is 0.368. The Bertz CT molecular complexity index is 1020. The lowest BCUT2D eigenvalue weighted by atomic mass is 10.0. The Morgan fingerprint density at radius 1 is 1.38 bits per heavy atom. The van der Waals surface area contributed by atoms with Crippen molar-refractivity contribution < 1.29 is 9.15 Å². The van der Waals surface area contributed by atoms with Gasteiger partial charge in [-0.15, -0.1) is 0 Å². The van der Waals surface area contributed by atoms with E-state index in [2.05, 4.69) is 11.6 Å². The second-order valence-corrected chi connectivity index (χ2v) is 7.52. The van der Waals surface area contributed by atoms with Gasteiger partial charge in [-0.25, -0.2) is 4.98 Å². The van der Waals surface area contributed by atoms with Gasteiger partial charge in [-0.2, -0.15) is 0 Å². The molecule has 0 atom stereocenters. The van der Waals surface area contributed by atoms with E-state index in [9.17, 15) is 4.79 Å². The van der Waals surface area contributed by atoms with Crippen LogP contribution in [-0.4, -0.2) is 22.4 Å². The Kier molecular flexibility index (Phi) is 4.40. The number of pyridine rings is 1. The number of benzene rings is 1. The van der Waals surface area contributed by atoms with E-state index in [4.69, 9.17) is 14.1 Å². The van der Waals surface area contributed by atoms with E-state index in [1.54, 1.807) is 25.1 Å². The summed E-state index contributed by atoms with van der Waals surface area (Å²) in [5.41, 5.74) is 4.16. The van der Waals surface area contributed by atoms with Crippen molar-refractivity contribution in [1.29, 1.82) is 0 Å². The lowest BCUT2D eigenvalue weighted by Gasteiger charge is -2.10. The van der Waals surface area contributed by atoms with Gasteiger partial charge in [0.2, 0.25) is 0 Å². The van der Waals surface area contributed by atoms with Gasteiger partial charge in [-0.1, -0.05) is 18.9 Å². The van der Waals surface area contributed by atoms with Crippen LogP contribution in [0.1, 0.15) is 31.6 Å². The maximum absolute atomic E-state index is 12.1. The lowest BCUT2D eigenvalue weighted by Crippen LogP contribution is -2.17. The first-order chi connectivity index (χ1) is 12.6. The standard InChI is InChI=1S/C19H21N3O3S/c1-4-26-21-13-8-14(12-7-16(24-3)19(23)22(2)10-12)17-15(9-13)25-18(20-17)11-5-6-11/h7-11,21H,4-6H2,1-3H3. The highest BCUT2D eigenvalue weighted by atomic mass is 32.2. The molecule has 1 aromatic carbocycles. The summed E-state index contributed by atoms with van der Waals surface area (Å²) in [4.78, 5) is 16.9. The molecule has 6 nitrogen and oxygen atoms in total. The van der Waals surface area contributed by atoms with Crippen molar-refractivity contribution in [3.05, 3.63) is 40.6 Å². The highest BCUT2D eigenvalue weighted by Crippen LogP contribution is 2.42. The maximum Gasteiger partial charge on any atom is 0.292 e. The summed E-state index contributed by atoms with van der Waals surface area (Å²) in [5, 5.41) is 0. The molecular weight excluding hydrogens is 350 g/mol. The van der Waals surface area contributed by atoms with Gasteiger partial charge >= 0.3 is 0 Å². The number of anilines is 1. The second-order valence-electron chi connectivity index (χ2n) is 6.45. The number of rotatable bonds is 6. The minimum Gasteiger partial charge on any atom is -0.491 e. The molecule has 0 saturated heterocycles. The van der Waals surface area contributed by atoms with Crippen LogP contribution in [0.2, 0.25) is 0 Å². The van der Waals surface area contributed by atoms with E-state index in [0.717, 1.165) is 52.4 Å². The maximum atomic E-state index is 12.1. The molecule has 4 rings (SSSR count). The van der Waals surface area contributed by atoms with E-state index in [1.807, 2.05) is 18.3 Å². The molecule has 26 heavy (non-hydrogen) atoms. The van der Waals surface area contributed by atoms with Crippen LogP contribution in [0.3, 0.4) is 0 Å². The van der Waals surface area contributed by atoms with Gasteiger partial charge in [0.05, 0.1) is 7.11 Å². The van der Waals surface area contributed by atoms with Crippen molar-refractivity contribution in [3.63, 3.8) is 0 Å². The quantitative estimate of drug-likeness (QED) is 0.656. The van der Waals surface area contributed by atoms with Crippen LogP contribution in [-0.2, 0) is 7.05 Å². The first kappa shape index (κ1) is 17.0. The Morgan fingerprint density at radius 3 is 2.88 bits per heavy atom. The van der Waals surface area contributed by atoms with Crippen molar-refractivity contribution in [2.24, 2.45) is 7.05 Å². The van der Waals surface area contributed by atoms with Gasteiger partial charge in [-0.3, -0.25) is 4.79 Å². The molecule has 1 aliphatic rings. The Hall–Kier alpha value is -2.41. The largest absolute Gasteiger partial charge is 0.491 e. The number of aromatic nitrogens is 2. The number of hydrogen-bond donors (Lipinski definition) is 1. The summed E-state index contributed by atoms with van der Waals surface area (Å²) in [6.07, 6.45) is 4.07. The van der Waals surface area contributed by atoms with Gasteiger partial charge in [0, 0.05) is 47.8 Å². The van der Waals surface area contributed by atoms with Gasteiger partial charge in [0.25, 0.3) is 5.56 Å². The van der Waals surface area contributed by atoms with Crippen LogP contribution in [0.15, 0.2) is 33.6 Å². The molecule has 0 bridgehead atoms. The highest BCUT2D eigenvalue weighted by molar-refractivity contribution is 8.00. The molecule has 7 heteroatoms. The molecular formula is C19H21N3O3S. The summed E-state index contributed by atoms with van der Waals surface area (Å²) in [6, 6.07) is 5.79. The van der Waals surface area contributed by atoms with E-state index in [-0.39, 0.29) is 5.56 Å². The van der Waals surface area contributed by atoms with Crippen LogP contribution in [0.4, 0.5) is 5.69 Å². The average molecular weight is 371 g/mol. The number of fused-ring (bicyclic) bond motifs is 1. The average Bonchev–Trinajstić information content (AvgIpc) is 3.40. The number of nitrogens with zero attached hydrogens (tertiary/aromatic N) is 2. The number of ether oxygens (including phenoxy) is 1. The molecule has 0 unspecified atom stereocenters. The van der Waals surface area contributed by atoms with Crippen molar-refractivity contribution in [2.45, 2.75) is 25.7 Å². The predicted octanol–water partition coefficient (Wildman–Crippen LogP) is 4.16. The smallest absolute Gasteiger partial charge is 0.292 e. The van der Waals surface area contributed by atoms with Crippen LogP contribution in [0.5, 0.6) is 5.75 Å². The normalized spacial score (nSPS) is 14.0. The molecule has 1 aliphatic carbocycles. The van der Waals surface area contributed by atoms with E-state index in [1.165, 1.54) is 11.7 Å². The zero-order valence-corrected chi connectivity index (χ0v) is 15.9. The highest BCUT2D eigenvalue weighted by Gasteiger charge is 2.29. The van der Waals surface area contributed by atoms with Gasteiger partial charge in [-0.05, 0) is 25.0 Å². The molecule has 1 saturated carbocycles. The summed E-state index contributed by atoms with van der Waals surface area (Å²) in [6.45, 7) is 2.09. The molecule has 3 aromatic rings. The van der Waals surface area contributed by atoms with Gasteiger partial charge in [0.15, 0.2) is 17.2 Å². The molecule has 0 radical (unpaired) electrons. The van der Waals surface area contributed by atoms with Crippen LogP contribution in [0, 0.1) is 0 Å². The number of oxazole rings is 1. The second kappa shape index (κ2) is 6.72. The summed E-state index contributed by atoms with van der Waals surface area (Å²) in [5.74, 6) is 2.50. The molecule has 0 amide bonds. The predicted molar refractivity (Wildman–Crippen MR) is 105 cm³/mol.